The molecule has 1 N–H and O–H groups in total. The highest BCUT2D eigenvalue weighted by Gasteiger charge is 2.16. The van der Waals surface area contributed by atoms with E-state index in [0.29, 0.717) is 23.6 Å². The number of ether oxygens (including phenoxy) is 3. The van der Waals surface area contributed by atoms with Crippen molar-refractivity contribution in [1.82, 2.24) is 0 Å². The Balaban J connectivity index is 1.85. The second kappa shape index (κ2) is 11.0. The Morgan fingerprint density at radius 1 is 0.964 bits per heavy atom. The van der Waals surface area contributed by atoms with E-state index < -0.39 is 12.1 Å². The first-order valence-corrected chi connectivity index (χ1v) is 9.42. The fourth-order valence-electron chi connectivity index (χ4n) is 2.46. The van der Waals surface area contributed by atoms with Crippen molar-refractivity contribution in [3.8, 4) is 11.5 Å². The van der Waals surface area contributed by atoms with E-state index in [-0.39, 0.29) is 5.91 Å². The van der Waals surface area contributed by atoms with E-state index in [2.05, 4.69) is 12.2 Å². The summed E-state index contributed by atoms with van der Waals surface area (Å²) >= 11 is 0. The molecule has 0 saturated heterocycles. The normalized spacial score (nSPS) is 11.4. The second-order valence-corrected chi connectivity index (χ2v) is 6.34. The van der Waals surface area contributed by atoms with Crippen molar-refractivity contribution in [2.24, 2.45) is 0 Å². The molecule has 6 heteroatoms. The lowest BCUT2D eigenvalue weighted by molar-refractivity contribution is -0.151. The van der Waals surface area contributed by atoms with E-state index in [1.165, 1.54) is 0 Å². The number of carbonyl (C=O) groups excluding carboxylic acids is 2. The maximum absolute atomic E-state index is 12.3. The monoisotopic (exact) mass is 385 g/mol. The third-order valence-electron chi connectivity index (χ3n) is 4.10. The number of hydrogen-bond acceptors (Lipinski definition) is 5. The topological polar surface area (TPSA) is 73.9 Å². The molecule has 150 valence electrons. The van der Waals surface area contributed by atoms with Crippen molar-refractivity contribution in [2.45, 2.75) is 39.2 Å². The number of esters is 1. The molecule has 0 saturated carbocycles. The van der Waals surface area contributed by atoms with Gasteiger partial charge in [-0.15, -0.1) is 0 Å². The third kappa shape index (κ3) is 6.61. The number of anilines is 1. The van der Waals surface area contributed by atoms with E-state index in [0.717, 1.165) is 25.0 Å². The lowest BCUT2D eigenvalue weighted by Crippen LogP contribution is -2.26. The number of benzene rings is 2. The number of nitrogens with one attached hydrogen (secondary N) is 1. The lowest BCUT2D eigenvalue weighted by atomic mass is 10.2. The maximum atomic E-state index is 12.3. The number of hydrogen-bond donors (Lipinski definition) is 1. The summed E-state index contributed by atoms with van der Waals surface area (Å²) in [7, 11) is 1.59. The van der Waals surface area contributed by atoms with Gasteiger partial charge in [-0.05, 0) is 61.9 Å². The SMILES string of the molecule is CCCCCOC(=O)C(C)Oc1ccc(C(=O)Nc2ccc(OC)cc2)cc1. The predicted octanol–water partition coefficient (Wildman–Crippen LogP) is 4.45. The zero-order valence-corrected chi connectivity index (χ0v) is 16.6. The van der Waals surface area contributed by atoms with Gasteiger partial charge in [0, 0.05) is 11.3 Å². The highest BCUT2D eigenvalue weighted by molar-refractivity contribution is 6.04. The molecule has 1 atom stereocenters. The Morgan fingerprint density at radius 2 is 1.61 bits per heavy atom. The van der Waals surface area contributed by atoms with E-state index in [9.17, 15) is 9.59 Å². The van der Waals surface area contributed by atoms with E-state index in [1.807, 2.05) is 0 Å². The van der Waals surface area contributed by atoms with Crippen molar-refractivity contribution in [1.29, 1.82) is 0 Å². The molecule has 2 aromatic rings. The summed E-state index contributed by atoms with van der Waals surface area (Å²) in [5, 5.41) is 2.81. The summed E-state index contributed by atoms with van der Waals surface area (Å²) in [6.07, 6.45) is 2.25. The van der Waals surface area contributed by atoms with Crippen LogP contribution in [0.15, 0.2) is 48.5 Å². The van der Waals surface area contributed by atoms with Gasteiger partial charge in [0.15, 0.2) is 6.10 Å². The van der Waals surface area contributed by atoms with Crippen LogP contribution in [0.3, 0.4) is 0 Å². The predicted molar refractivity (Wildman–Crippen MR) is 108 cm³/mol. The van der Waals surface area contributed by atoms with Gasteiger partial charge in [-0.25, -0.2) is 4.79 Å². The molecule has 0 aliphatic rings. The highest BCUT2D eigenvalue weighted by atomic mass is 16.6. The number of rotatable bonds is 10. The van der Waals surface area contributed by atoms with Crippen LogP contribution in [-0.2, 0) is 9.53 Å². The number of carbonyl (C=O) groups is 2. The average Bonchev–Trinajstić information content (AvgIpc) is 2.72. The molecule has 2 aromatic carbocycles. The number of methoxy groups -OCH3 is 1. The van der Waals surface area contributed by atoms with Crippen molar-refractivity contribution in [3.05, 3.63) is 54.1 Å². The first kappa shape index (κ1) is 21.3. The minimum Gasteiger partial charge on any atom is -0.497 e. The molecule has 1 amide bonds. The number of unbranched alkanes of at least 4 members (excludes halogenated alkanes) is 2. The molecule has 1 unspecified atom stereocenters. The summed E-state index contributed by atoms with van der Waals surface area (Å²) in [5.41, 5.74) is 1.16. The minimum atomic E-state index is -0.708. The van der Waals surface area contributed by atoms with Gasteiger partial charge in [0.1, 0.15) is 11.5 Å². The van der Waals surface area contributed by atoms with Gasteiger partial charge in [0.25, 0.3) is 5.91 Å². The molecule has 28 heavy (non-hydrogen) atoms. The largest absolute Gasteiger partial charge is 0.497 e. The Kier molecular flexibility index (Phi) is 8.34. The van der Waals surface area contributed by atoms with Gasteiger partial charge in [-0.2, -0.15) is 0 Å². The molecule has 2 rings (SSSR count). The zero-order valence-electron chi connectivity index (χ0n) is 16.6. The zero-order chi connectivity index (χ0) is 20.4. The van der Waals surface area contributed by atoms with Crippen LogP contribution in [0.2, 0.25) is 0 Å². The maximum Gasteiger partial charge on any atom is 0.347 e. The molecule has 0 bridgehead atoms. The summed E-state index contributed by atoms with van der Waals surface area (Å²) < 4.78 is 15.9. The fraction of sp³-hybridized carbons (Fsp3) is 0.364. The molecule has 0 heterocycles. The van der Waals surface area contributed by atoms with Crippen LogP contribution < -0.4 is 14.8 Å². The fourth-order valence-corrected chi connectivity index (χ4v) is 2.46. The molecule has 0 radical (unpaired) electrons. The van der Waals surface area contributed by atoms with Crippen LogP contribution in [0.5, 0.6) is 11.5 Å². The van der Waals surface area contributed by atoms with Gasteiger partial charge in [-0.1, -0.05) is 19.8 Å². The molecule has 0 aliphatic carbocycles. The molecule has 0 fully saturated rings. The second-order valence-electron chi connectivity index (χ2n) is 6.34. The van der Waals surface area contributed by atoms with Crippen LogP contribution in [0.1, 0.15) is 43.5 Å². The van der Waals surface area contributed by atoms with Gasteiger partial charge < -0.3 is 19.5 Å². The van der Waals surface area contributed by atoms with E-state index in [1.54, 1.807) is 62.6 Å². The molecule has 0 aromatic heterocycles. The van der Waals surface area contributed by atoms with Crippen LogP contribution >= 0.6 is 0 Å². The Labute approximate surface area is 165 Å². The van der Waals surface area contributed by atoms with Crippen molar-refractivity contribution in [3.63, 3.8) is 0 Å². The van der Waals surface area contributed by atoms with Crippen LogP contribution in [0, 0.1) is 0 Å². The van der Waals surface area contributed by atoms with Gasteiger partial charge in [0.05, 0.1) is 13.7 Å². The van der Waals surface area contributed by atoms with Crippen LogP contribution in [-0.4, -0.2) is 31.7 Å². The van der Waals surface area contributed by atoms with Crippen molar-refractivity contribution < 1.29 is 23.8 Å². The molecule has 0 aliphatic heterocycles. The Bertz CT molecular complexity index is 756. The van der Waals surface area contributed by atoms with Gasteiger partial charge in [0.2, 0.25) is 0 Å². The summed E-state index contributed by atoms with van der Waals surface area (Å²) in [6.45, 7) is 4.14. The third-order valence-corrected chi connectivity index (χ3v) is 4.10. The van der Waals surface area contributed by atoms with E-state index in [4.69, 9.17) is 14.2 Å². The lowest BCUT2D eigenvalue weighted by Gasteiger charge is -2.14. The Morgan fingerprint density at radius 3 is 2.21 bits per heavy atom. The summed E-state index contributed by atoms with van der Waals surface area (Å²) in [6, 6.07) is 13.7. The minimum absolute atomic E-state index is 0.236. The van der Waals surface area contributed by atoms with Crippen molar-refractivity contribution in [2.75, 3.05) is 19.0 Å². The number of amides is 1. The highest BCUT2D eigenvalue weighted by Crippen LogP contribution is 2.18. The van der Waals surface area contributed by atoms with Gasteiger partial charge in [-0.3, -0.25) is 4.79 Å². The quantitative estimate of drug-likeness (QED) is 0.483. The average molecular weight is 385 g/mol. The summed E-state index contributed by atoms with van der Waals surface area (Å²) in [5.74, 6) is 0.592. The van der Waals surface area contributed by atoms with Crippen LogP contribution in [0.25, 0.3) is 0 Å². The molecular formula is C22H27NO5. The first-order chi connectivity index (χ1) is 13.5. The molecule has 6 nitrogen and oxygen atoms in total. The van der Waals surface area contributed by atoms with Crippen LogP contribution in [0.4, 0.5) is 5.69 Å². The standard InChI is InChI=1S/C22H27NO5/c1-4-5-6-15-27-22(25)16(2)28-20-11-7-17(8-12-20)21(24)23-18-9-13-19(26-3)14-10-18/h7-14,16H,4-6,15H2,1-3H3,(H,23,24). The first-order valence-electron chi connectivity index (χ1n) is 9.42. The summed E-state index contributed by atoms with van der Waals surface area (Å²) in [4.78, 5) is 24.2. The van der Waals surface area contributed by atoms with E-state index >= 15 is 0 Å². The smallest absolute Gasteiger partial charge is 0.347 e. The van der Waals surface area contributed by atoms with Crippen molar-refractivity contribution >= 4 is 17.6 Å². The molecule has 0 spiro atoms. The van der Waals surface area contributed by atoms with Gasteiger partial charge >= 0.3 is 5.97 Å². The molecular weight excluding hydrogens is 358 g/mol. The Hall–Kier alpha value is -3.02.